The molecular weight excluding hydrogens is 350 g/mol. The van der Waals surface area contributed by atoms with Crippen molar-refractivity contribution >= 4 is 23.5 Å². The molecule has 26 heavy (non-hydrogen) atoms. The first kappa shape index (κ1) is 17.8. The molecule has 0 aliphatic rings. The maximum atomic E-state index is 12.1. The Labute approximate surface area is 156 Å². The summed E-state index contributed by atoms with van der Waals surface area (Å²) in [5.74, 6) is 0.259. The summed E-state index contributed by atoms with van der Waals surface area (Å²) in [4.78, 5) is 24.5. The summed E-state index contributed by atoms with van der Waals surface area (Å²) in [6.07, 6.45) is 7.22. The van der Waals surface area contributed by atoms with Crippen LogP contribution in [0.3, 0.4) is 0 Å². The second kappa shape index (κ2) is 8.92. The van der Waals surface area contributed by atoms with E-state index in [4.69, 9.17) is 11.6 Å². The van der Waals surface area contributed by atoms with Crippen molar-refractivity contribution in [3.05, 3.63) is 82.9 Å². The van der Waals surface area contributed by atoms with Crippen LogP contribution in [-0.2, 0) is 13.0 Å². The highest BCUT2D eigenvalue weighted by Crippen LogP contribution is 2.10. The van der Waals surface area contributed by atoms with E-state index in [0.29, 0.717) is 36.0 Å². The van der Waals surface area contributed by atoms with Gasteiger partial charge in [-0.3, -0.25) is 9.78 Å². The first-order chi connectivity index (χ1) is 12.7. The van der Waals surface area contributed by atoms with Crippen molar-refractivity contribution in [2.75, 3.05) is 11.9 Å². The summed E-state index contributed by atoms with van der Waals surface area (Å²) in [5.41, 5.74) is 2.52. The van der Waals surface area contributed by atoms with E-state index in [1.807, 2.05) is 36.4 Å². The fourth-order valence-corrected chi connectivity index (χ4v) is 2.55. The number of hydrogen-bond acceptors (Lipinski definition) is 5. The van der Waals surface area contributed by atoms with Crippen LogP contribution in [0, 0.1) is 0 Å². The Balaban J connectivity index is 1.47. The Morgan fingerprint density at radius 2 is 1.85 bits per heavy atom. The lowest BCUT2D eigenvalue weighted by molar-refractivity contribution is 0.0953. The third-order valence-corrected chi connectivity index (χ3v) is 3.91. The minimum absolute atomic E-state index is 0.203. The molecule has 0 aliphatic heterocycles. The molecule has 2 heterocycles. The first-order valence-electron chi connectivity index (χ1n) is 8.18. The fraction of sp³-hybridized carbons (Fsp3) is 0.158. The molecule has 0 unspecified atom stereocenters. The smallest absolute Gasteiger partial charge is 0.254 e. The SMILES string of the molecule is O=C(NCCc1cccc(Cl)c1)c1cnc(NCc2cccnc2)nc1. The van der Waals surface area contributed by atoms with Crippen LogP contribution in [0.1, 0.15) is 21.5 Å². The molecule has 132 valence electrons. The summed E-state index contributed by atoms with van der Waals surface area (Å²) in [7, 11) is 0. The standard InChI is InChI=1S/C19H18ClN5O/c20-17-5-1-3-14(9-17)6-8-22-18(26)16-12-24-19(25-13-16)23-11-15-4-2-7-21-10-15/h1-5,7,9-10,12-13H,6,8,11H2,(H,22,26)(H,23,24,25). The van der Waals surface area contributed by atoms with Gasteiger partial charge in [-0.2, -0.15) is 0 Å². The molecule has 0 aliphatic carbocycles. The number of aromatic nitrogens is 3. The second-order valence-electron chi connectivity index (χ2n) is 5.65. The number of nitrogens with one attached hydrogen (secondary N) is 2. The summed E-state index contributed by atoms with van der Waals surface area (Å²) < 4.78 is 0. The van der Waals surface area contributed by atoms with Gasteiger partial charge in [0.15, 0.2) is 0 Å². The lowest BCUT2D eigenvalue weighted by atomic mass is 10.1. The average Bonchev–Trinajstić information content (AvgIpc) is 2.67. The van der Waals surface area contributed by atoms with E-state index in [1.54, 1.807) is 12.4 Å². The molecule has 0 bridgehead atoms. The molecular formula is C19H18ClN5O. The predicted octanol–water partition coefficient (Wildman–Crippen LogP) is 3.11. The number of carbonyl (C=O) groups excluding carboxylic acids is 1. The molecule has 0 radical (unpaired) electrons. The number of carbonyl (C=O) groups is 1. The molecule has 2 N–H and O–H groups in total. The van der Waals surface area contributed by atoms with Gasteiger partial charge in [0.1, 0.15) is 0 Å². The Kier molecular flexibility index (Phi) is 6.11. The second-order valence-corrected chi connectivity index (χ2v) is 6.08. The highest BCUT2D eigenvalue weighted by Gasteiger charge is 2.07. The highest BCUT2D eigenvalue weighted by atomic mass is 35.5. The van der Waals surface area contributed by atoms with E-state index >= 15 is 0 Å². The number of rotatable bonds is 7. The first-order valence-corrected chi connectivity index (χ1v) is 8.56. The summed E-state index contributed by atoms with van der Waals surface area (Å²) in [6.45, 7) is 1.08. The number of hydrogen-bond donors (Lipinski definition) is 2. The van der Waals surface area contributed by atoms with E-state index in [-0.39, 0.29) is 5.91 Å². The molecule has 0 saturated heterocycles. The maximum absolute atomic E-state index is 12.1. The van der Waals surface area contributed by atoms with Crippen LogP contribution in [0.4, 0.5) is 5.95 Å². The Morgan fingerprint density at radius 3 is 2.58 bits per heavy atom. The van der Waals surface area contributed by atoms with Crippen LogP contribution in [0.5, 0.6) is 0 Å². The molecule has 0 fully saturated rings. The number of amides is 1. The van der Waals surface area contributed by atoms with E-state index in [9.17, 15) is 4.79 Å². The lowest BCUT2D eigenvalue weighted by Crippen LogP contribution is -2.26. The molecule has 1 aromatic carbocycles. The van der Waals surface area contributed by atoms with Crippen molar-refractivity contribution in [3.63, 3.8) is 0 Å². The lowest BCUT2D eigenvalue weighted by Gasteiger charge is -2.07. The summed E-state index contributed by atoms with van der Waals surface area (Å²) in [5, 5.41) is 6.64. The minimum atomic E-state index is -0.203. The Bertz CT molecular complexity index is 855. The van der Waals surface area contributed by atoms with Crippen LogP contribution in [0.25, 0.3) is 0 Å². The molecule has 0 saturated carbocycles. The van der Waals surface area contributed by atoms with E-state index in [2.05, 4.69) is 25.6 Å². The number of halogens is 1. The van der Waals surface area contributed by atoms with E-state index in [1.165, 1.54) is 12.4 Å². The van der Waals surface area contributed by atoms with E-state index < -0.39 is 0 Å². The van der Waals surface area contributed by atoms with Crippen molar-refractivity contribution in [3.8, 4) is 0 Å². The third-order valence-electron chi connectivity index (χ3n) is 3.68. The van der Waals surface area contributed by atoms with E-state index in [0.717, 1.165) is 11.1 Å². The van der Waals surface area contributed by atoms with Crippen LogP contribution in [0.15, 0.2) is 61.2 Å². The Morgan fingerprint density at radius 1 is 1.04 bits per heavy atom. The van der Waals surface area contributed by atoms with Crippen molar-refractivity contribution < 1.29 is 4.79 Å². The van der Waals surface area contributed by atoms with Gasteiger partial charge in [0.2, 0.25) is 5.95 Å². The molecule has 2 aromatic heterocycles. The number of pyridine rings is 1. The van der Waals surface area contributed by atoms with Gasteiger partial charge in [0, 0.05) is 42.9 Å². The molecule has 1 amide bonds. The molecule has 3 rings (SSSR count). The Hall–Kier alpha value is -2.99. The van der Waals surface area contributed by atoms with Crippen molar-refractivity contribution in [2.45, 2.75) is 13.0 Å². The average molecular weight is 368 g/mol. The topological polar surface area (TPSA) is 79.8 Å². The number of anilines is 1. The van der Waals surface area contributed by atoms with Crippen LogP contribution >= 0.6 is 11.6 Å². The van der Waals surface area contributed by atoms with Gasteiger partial charge in [-0.1, -0.05) is 29.8 Å². The zero-order valence-corrected chi connectivity index (χ0v) is 14.8. The van der Waals surface area contributed by atoms with Gasteiger partial charge in [0.25, 0.3) is 5.91 Å². The number of benzene rings is 1. The predicted molar refractivity (Wildman–Crippen MR) is 101 cm³/mol. The van der Waals surface area contributed by atoms with Gasteiger partial charge in [0.05, 0.1) is 5.56 Å². The summed E-state index contributed by atoms with van der Waals surface area (Å²) in [6, 6.07) is 11.4. The molecule has 0 spiro atoms. The van der Waals surface area contributed by atoms with Crippen LogP contribution in [-0.4, -0.2) is 27.4 Å². The van der Waals surface area contributed by atoms with Gasteiger partial charge >= 0.3 is 0 Å². The van der Waals surface area contributed by atoms with Crippen LogP contribution < -0.4 is 10.6 Å². The van der Waals surface area contributed by atoms with Crippen molar-refractivity contribution in [2.24, 2.45) is 0 Å². The number of nitrogens with zero attached hydrogens (tertiary/aromatic N) is 3. The summed E-state index contributed by atoms with van der Waals surface area (Å²) >= 11 is 5.95. The molecule has 6 nitrogen and oxygen atoms in total. The fourth-order valence-electron chi connectivity index (χ4n) is 2.34. The van der Waals surface area contributed by atoms with Crippen molar-refractivity contribution in [1.29, 1.82) is 0 Å². The molecule has 7 heteroatoms. The van der Waals surface area contributed by atoms with Crippen molar-refractivity contribution in [1.82, 2.24) is 20.3 Å². The molecule has 0 atom stereocenters. The van der Waals surface area contributed by atoms with Gasteiger partial charge in [-0.15, -0.1) is 0 Å². The quantitative estimate of drug-likeness (QED) is 0.670. The monoisotopic (exact) mass is 367 g/mol. The van der Waals surface area contributed by atoms with Gasteiger partial charge in [-0.25, -0.2) is 9.97 Å². The normalized spacial score (nSPS) is 10.3. The minimum Gasteiger partial charge on any atom is -0.352 e. The third kappa shape index (κ3) is 5.26. The zero-order chi connectivity index (χ0) is 18.2. The van der Waals surface area contributed by atoms with Gasteiger partial charge in [-0.05, 0) is 35.7 Å². The van der Waals surface area contributed by atoms with Crippen LogP contribution in [0.2, 0.25) is 5.02 Å². The zero-order valence-electron chi connectivity index (χ0n) is 14.0. The van der Waals surface area contributed by atoms with Gasteiger partial charge < -0.3 is 10.6 Å². The highest BCUT2D eigenvalue weighted by molar-refractivity contribution is 6.30. The molecule has 3 aromatic rings. The largest absolute Gasteiger partial charge is 0.352 e. The maximum Gasteiger partial charge on any atom is 0.254 e.